The number of amides is 3. The van der Waals surface area contributed by atoms with Crippen molar-refractivity contribution in [2.45, 2.75) is 32.1 Å². The molecule has 2 aromatic rings. The van der Waals surface area contributed by atoms with Crippen LogP contribution in [0.1, 0.15) is 42.5 Å². The Kier molecular flexibility index (Phi) is 8.10. The van der Waals surface area contributed by atoms with Gasteiger partial charge in [-0.1, -0.05) is 18.6 Å². The molecule has 0 saturated carbocycles. The van der Waals surface area contributed by atoms with Crippen molar-refractivity contribution < 1.29 is 9.59 Å². The number of piperidine rings is 1. The number of carbonyl (C=O) groups excluding carboxylic acids is 2. The average Bonchev–Trinajstić information content (AvgIpc) is 2.90. The number of nitrogens with one attached hydrogen (secondary N) is 1. The molecule has 0 bridgehead atoms. The predicted octanol–water partition coefficient (Wildman–Crippen LogP) is 4.77. The Labute approximate surface area is 196 Å². The van der Waals surface area contributed by atoms with Crippen molar-refractivity contribution in [3.05, 3.63) is 48.2 Å². The van der Waals surface area contributed by atoms with E-state index < -0.39 is 0 Å². The second kappa shape index (κ2) is 10.8. The summed E-state index contributed by atoms with van der Waals surface area (Å²) < 4.78 is 0. The predicted molar refractivity (Wildman–Crippen MR) is 130 cm³/mol. The molecular formula is C24H32ClN5O2. The van der Waals surface area contributed by atoms with Crippen molar-refractivity contribution in [2.75, 3.05) is 43.9 Å². The second-order valence-electron chi connectivity index (χ2n) is 8.72. The number of aromatic nitrogens is 1. The number of para-hydroxylation sites is 1. The zero-order valence-electron chi connectivity index (χ0n) is 18.8. The molecule has 3 heterocycles. The van der Waals surface area contributed by atoms with Gasteiger partial charge in [0.05, 0.1) is 16.9 Å². The van der Waals surface area contributed by atoms with Crippen LogP contribution in [0, 0.1) is 5.92 Å². The van der Waals surface area contributed by atoms with Gasteiger partial charge in [0.1, 0.15) is 0 Å². The lowest BCUT2D eigenvalue weighted by atomic mass is 9.93. The van der Waals surface area contributed by atoms with Gasteiger partial charge >= 0.3 is 6.03 Å². The molecule has 8 heteroatoms. The molecule has 1 fully saturated rings. The van der Waals surface area contributed by atoms with E-state index in [0.29, 0.717) is 28.7 Å². The molecule has 0 aliphatic carbocycles. The Hall–Kier alpha value is -2.64. The molecule has 0 radical (unpaired) electrons. The van der Waals surface area contributed by atoms with Crippen LogP contribution in [0.25, 0.3) is 0 Å². The number of likely N-dealkylation sites (tertiary alicyclic amines) is 1. The van der Waals surface area contributed by atoms with E-state index in [0.717, 1.165) is 38.9 Å². The maximum absolute atomic E-state index is 13.8. The summed E-state index contributed by atoms with van der Waals surface area (Å²) in [6.07, 6.45) is 7.33. The first-order valence-corrected chi connectivity index (χ1v) is 11.1. The van der Waals surface area contributed by atoms with Crippen LogP contribution in [0.15, 0.2) is 42.6 Å². The van der Waals surface area contributed by atoms with E-state index in [2.05, 4.69) is 29.3 Å². The van der Waals surface area contributed by atoms with Crippen LogP contribution in [0.3, 0.4) is 0 Å². The molecule has 2 aliphatic heterocycles. The van der Waals surface area contributed by atoms with Gasteiger partial charge in [-0.05, 0) is 76.5 Å². The van der Waals surface area contributed by atoms with Crippen molar-refractivity contribution in [1.82, 2.24) is 14.8 Å². The van der Waals surface area contributed by atoms with Crippen LogP contribution >= 0.6 is 12.4 Å². The number of hydrogen-bond acceptors (Lipinski definition) is 4. The first-order valence-electron chi connectivity index (χ1n) is 11.1. The van der Waals surface area contributed by atoms with Gasteiger partial charge in [0.2, 0.25) is 0 Å². The summed E-state index contributed by atoms with van der Waals surface area (Å²) in [5.74, 6) is 0.765. The zero-order valence-corrected chi connectivity index (χ0v) is 19.6. The lowest BCUT2D eigenvalue weighted by Crippen LogP contribution is -2.46. The van der Waals surface area contributed by atoms with Gasteiger partial charge in [0.15, 0.2) is 5.82 Å². The zero-order chi connectivity index (χ0) is 21.8. The SMILES string of the molecule is CN(C)CCCCC1CCCN(C(=O)N2c3ccccc3C(=O)Nc3cccnc32)C1.Cl. The minimum Gasteiger partial charge on any atom is -0.324 e. The van der Waals surface area contributed by atoms with Crippen LogP contribution in [-0.4, -0.2) is 60.5 Å². The topological polar surface area (TPSA) is 68.8 Å². The molecule has 1 atom stereocenters. The number of halogens is 1. The molecule has 3 amide bonds. The number of pyridine rings is 1. The highest BCUT2D eigenvalue weighted by Crippen LogP contribution is 2.37. The smallest absolute Gasteiger partial charge is 0.324 e. The van der Waals surface area contributed by atoms with E-state index in [1.54, 1.807) is 29.3 Å². The fourth-order valence-electron chi connectivity index (χ4n) is 4.51. The van der Waals surface area contributed by atoms with Crippen molar-refractivity contribution in [3.8, 4) is 0 Å². The molecule has 0 spiro atoms. The van der Waals surface area contributed by atoms with Gasteiger partial charge in [-0.25, -0.2) is 14.7 Å². The first-order chi connectivity index (χ1) is 15.0. The fraction of sp³-hybridized carbons (Fsp3) is 0.458. The quantitative estimate of drug-likeness (QED) is 0.656. The summed E-state index contributed by atoms with van der Waals surface area (Å²) in [6, 6.07) is 10.7. The maximum Gasteiger partial charge on any atom is 0.330 e. The number of fused-ring (bicyclic) bond motifs is 2. The summed E-state index contributed by atoms with van der Waals surface area (Å²) in [5, 5.41) is 2.90. The number of urea groups is 1. The van der Waals surface area contributed by atoms with E-state index in [4.69, 9.17) is 0 Å². The van der Waals surface area contributed by atoms with Gasteiger partial charge < -0.3 is 15.1 Å². The minimum atomic E-state index is -0.224. The number of rotatable bonds is 5. The molecule has 1 N–H and O–H groups in total. The van der Waals surface area contributed by atoms with Crippen LogP contribution in [0.5, 0.6) is 0 Å². The fourth-order valence-corrected chi connectivity index (χ4v) is 4.51. The van der Waals surface area contributed by atoms with Gasteiger partial charge in [-0.2, -0.15) is 0 Å². The number of hydrogen-bond donors (Lipinski definition) is 1. The van der Waals surface area contributed by atoms with Gasteiger partial charge in [-0.3, -0.25) is 4.79 Å². The maximum atomic E-state index is 13.8. The standard InChI is InChI=1S/C24H31N5O2.ClH/c1-27(2)15-6-5-9-18-10-8-16-28(17-18)24(31)29-21-13-4-3-11-19(21)23(30)26-20-12-7-14-25-22(20)29;/h3-4,7,11-14,18H,5-6,8-10,15-17H2,1-2H3,(H,26,30);1H. The lowest BCUT2D eigenvalue weighted by molar-refractivity contribution is 0.102. The highest BCUT2D eigenvalue weighted by Gasteiger charge is 2.34. The van der Waals surface area contributed by atoms with Crippen molar-refractivity contribution in [3.63, 3.8) is 0 Å². The highest BCUT2D eigenvalue weighted by molar-refractivity contribution is 6.16. The summed E-state index contributed by atoms with van der Waals surface area (Å²) in [4.78, 5) is 36.8. The van der Waals surface area contributed by atoms with Crippen LogP contribution < -0.4 is 10.2 Å². The van der Waals surface area contributed by atoms with Crippen molar-refractivity contribution in [2.24, 2.45) is 5.92 Å². The summed E-state index contributed by atoms with van der Waals surface area (Å²) in [7, 11) is 4.21. The van der Waals surface area contributed by atoms with E-state index in [-0.39, 0.29) is 24.3 Å². The largest absolute Gasteiger partial charge is 0.330 e. The third-order valence-electron chi connectivity index (χ3n) is 6.08. The van der Waals surface area contributed by atoms with E-state index >= 15 is 0 Å². The van der Waals surface area contributed by atoms with Crippen LogP contribution in [0.4, 0.5) is 22.0 Å². The first kappa shape index (κ1) is 24.0. The van der Waals surface area contributed by atoms with E-state index in [1.165, 1.54) is 12.8 Å². The number of carbonyl (C=O) groups is 2. The highest BCUT2D eigenvalue weighted by atomic mass is 35.5. The summed E-state index contributed by atoms with van der Waals surface area (Å²) in [6.45, 7) is 2.58. The van der Waals surface area contributed by atoms with E-state index in [1.807, 2.05) is 23.1 Å². The summed E-state index contributed by atoms with van der Waals surface area (Å²) >= 11 is 0. The van der Waals surface area contributed by atoms with E-state index in [9.17, 15) is 9.59 Å². The molecular weight excluding hydrogens is 426 g/mol. The number of unbranched alkanes of at least 4 members (excludes halogenated alkanes) is 1. The van der Waals surface area contributed by atoms with Crippen molar-refractivity contribution in [1.29, 1.82) is 0 Å². The summed E-state index contributed by atoms with van der Waals surface area (Å²) in [5.41, 5.74) is 1.61. The third-order valence-corrected chi connectivity index (χ3v) is 6.08. The van der Waals surface area contributed by atoms with Gasteiger partial charge in [-0.15, -0.1) is 12.4 Å². The molecule has 1 aromatic carbocycles. The van der Waals surface area contributed by atoms with Crippen molar-refractivity contribution >= 4 is 41.5 Å². The van der Waals surface area contributed by atoms with Gasteiger partial charge in [0, 0.05) is 19.3 Å². The molecule has 7 nitrogen and oxygen atoms in total. The molecule has 1 saturated heterocycles. The Morgan fingerprint density at radius 2 is 2.00 bits per heavy atom. The third kappa shape index (κ3) is 5.22. The molecule has 1 aromatic heterocycles. The molecule has 1 unspecified atom stereocenters. The molecule has 4 rings (SSSR count). The Morgan fingerprint density at radius 3 is 2.81 bits per heavy atom. The number of benzene rings is 1. The molecule has 172 valence electrons. The normalized spacial score (nSPS) is 17.7. The monoisotopic (exact) mass is 457 g/mol. The minimum absolute atomic E-state index is 0. The van der Waals surface area contributed by atoms with Gasteiger partial charge in [0.25, 0.3) is 5.91 Å². The molecule has 32 heavy (non-hydrogen) atoms. The lowest BCUT2D eigenvalue weighted by Gasteiger charge is -2.36. The molecule has 2 aliphatic rings. The average molecular weight is 458 g/mol. The Bertz CT molecular complexity index is 951. The number of nitrogens with zero attached hydrogens (tertiary/aromatic N) is 4. The number of anilines is 3. The van der Waals surface area contributed by atoms with Crippen LogP contribution in [0.2, 0.25) is 0 Å². The second-order valence-corrected chi connectivity index (χ2v) is 8.72. The Morgan fingerprint density at radius 1 is 1.19 bits per heavy atom. The van der Waals surface area contributed by atoms with Crippen LogP contribution in [-0.2, 0) is 0 Å². The Balaban J connectivity index is 0.00000289.